The molecule has 27 unspecified atom stereocenters. The van der Waals surface area contributed by atoms with Gasteiger partial charge in [0, 0.05) is 17.3 Å². The Morgan fingerprint density at radius 1 is 0.640 bits per heavy atom. The molecule has 4 aliphatic carbocycles. The molecule has 5 saturated heterocycles. The lowest BCUT2D eigenvalue weighted by atomic mass is 9.42. The van der Waals surface area contributed by atoms with Crippen LogP contribution < -0.4 is 0 Å². The summed E-state index contributed by atoms with van der Waals surface area (Å²) in [7, 11) is 0. The van der Waals surface area contributed by atoms with Gasteiger partial charge in [-0.2, -0.15) is 0 Å². The van der Waals surface area contributed by atoms with E-state index in [2.05, 4.69) is 27.7 Å². The van der Waals surface area contributed by atoms with E-state index in [0.29, 0.717) is 25.7 Å². The predicted octanol–water partition coefficient (Wildman–Crippen LogP) is -2.47. The SMILES string of the molecule is CCC(=O)C1CC(C)C2(CCC3(C)C4=C(CCC32C)C2(C)CCC(OC3OC(COC5OCC(O)C(O)C5OC5OC(CO)C(O)C(O)C5OC5OC(C)C(O)C(O)C5O)C(O)C(O)C3O)C(CO)(CO)C2CC4)O1. The van der Waals surface area contributed by atoms with Gasteiger partial charge < -0.3 is 109 Å². The van der Waals surface area contributed by atoms with E-state index in [1.54, 1.807) is 0 Å². The van der Waals surface area contributed by atoms with Crippen LogP contribution >= 0.6 is 0 Å². The second kappa shape index (κ2) is 21.8. The van der Waals surface area contributed by atoms with Gasteiger partial charge in [-0.15, -0.1) is 0 Å². The van der Waals surface area contributed by atoms with Crippen LogP contribution in [0.25, 0.3) is 0 Å². The molecule has 0 aromatic rings. The summed E-state index contributed by atoms with van der Waals surface area (Å²) < 4.78 is 54.5. The van der Waals surface area contributed by atoms with Crippen molar-refractivity contribution in [3.05, 3.63) is 11.1 Å². The number of hydrogen-bond acceptors (Lipinski definition) is 23. The zero-order valence-electron chi connectivity index (χ0n) is 43.8. The van der Waals surface area contributed by atoms with Gasteiger partial charge in [0.1, 0.15) is 91.6 Å². The monoisotopic (exact) mass is 1080 g/mol. The van der Waals surface area contributed by atoms with Crippen LogP contribution in [-0.2, 0) is 47.4 Å². The molecule has 13 N–H and O–H groups in total. The van der Waals surface area contributed by atoms with Gasteiger partial charge in [0.2, 0.25) is 0 Å². The topological polar surface area (TPSA) is 363 Å². The van der Waals surface area contributed by atoms with E-state index in [9.17, 15) is 71.2 Å². The Kier molecular flexibility index (Phi) is 16.9. The minimum Gasteiger partial charge on any atom is -0.396 e. The van der Waals surface area contributed by atoms with E-state index < -0.39 is 178 Å². The molecule has 0 aromatic carbocycles. The minimum absolute atomic E-state index is 0.146. The van der Waals surface area contributed by atoms with Crippen LogP contribution in [0.1, 0.15) is 106 Å². The van der Waals surface area contributed by atoms with Gasteiger partial charge in [0.15, 0.2) is 30.9 Å². The van der Waals surface area contributed by atoms with Gasteiger partial charge in [-0.05, 0) is 87.4 Å². The number of rotatable bonds is 14. The molecule has 5 heterocycles. The van der Waals surface area contributed by atoms with Crippen LogP contribution in [0.5, 0.6) is 0 Å². The Hall–Kier alpha value is -1.47. The fourth-order valence-electron chi connectivity index (χ4n) is 15.7. The number of aliphatic hydroxyl groups excluding tert-OH is 13. The van der Waals surface area contributed by atoms with E-state index in [0.717, 1.165) is 38.5 Å². The van der Waals surface area contributed by atoms with Gasteiger partial charge in [-0.25, -0.2) is 0 Å². The van der Waals surface area contributed by atoms with Crippen LogP contribution in [0.2, 0.25) is 0 Å². The number of ether oxygens (including phenoxy) is 9. The second-order valence-electron chi connectivity index (χ2n) is 24.0. The summed E-state index contributed by atoms with van der Waals surface area (Å²) in [5.41, 5.74) is 0.212. The van der Waals surface area contributed by atoms with E-state index in [1.807, 2.05) is 6.92 Å². The van der Waals surface area contributed by atoms with Gasteiger partial charge >= 0.3 is 0 Å². The molecule has 0 aromatic heterocycles. The first-order chi connectivity index (χ1) is 35.4. The molecule has 0 amide bonds. The predicted molar refractivity (Wildman–Crippen MR) is 254 cm³/mol. The molecule has 2 saturated carbocycles. The van der Waals surface area contributed by atoms with Gasteiger partial charge in [-0.1, -0.05) is 45.8 Å². The second-order valence-corrected chi connectivity index (χ2v) is 24.0. The van der Waals surface area contributed by atoms with Crippen molar-refractivity contribution in [1.29, 1.82) is 0 Å². The lowest BCUT2D eigenvalue weighted by Crippen LogP contribution is -2.66. The molecular formula is C52H84O23. The zero-order valence-corrected chi connectivity index (χ0v) is 43.8. The molecule has 75 heavy (non-hydrogen) atoms. The standard InChI is InChI=1S/C52H84O23/c1-7-26(56)28-16-22(2)52(75-28)15-14-49(5)25-8-9-31-48(4,24(25)10-13-50(49,52)6)12-11-32(51(31,20-54)21-55)72-45-41(66)38(63)36(61)30(71-45)19-68-46-42(34(59)27(57)18-67-46)74-47-43(39(64)35(60)29(17-53)70-47)73-44-40(65)37(62)33(58)23(3)69-44/h22-23,27-47,53-55,57-66H,7-21H2,1-6H3. The van der Waals surface area contributed by atoms with Gasteiger partial charge in [0.05, 0.1) is 50.8 Å². The van der Waals surface area contributed by atoms with Crippen molar-refractivity contribution >= 4 is 5.78 Å². The van der Waals surface area contributed by atoms with E-state index in [4.69, 9.17) is 42.6 Å². The Morgan fingerprint density at radius 2 is 1.27 bits per heavy atom. The van der Waals surface area contributed by atoms with Crippen molar-refractivity contribution in [2.75, 3.05) is 33.0 Å². The first-order valence-electron chi connectivity index (χ1n) is 27.1. The summed E-state index contributed by atoms with van der Waals surface area (Å²) in [6, 6.07) is 0. The molecule has 7 fully saturated rings. The molecule has 0 radical (unpaired) electrons. The summed E-state index contributed by atoms with van der Waals surface area (Å²) >= 11 is 0. The number of hydrogen-bond donors (Lipinski definition) is 13. The van der Waals surface area contributed by atoms with E-state index in [-0.39, 0.29) is 28.4 Å². The maximum absolute atomic E-state index is 13.0. The number of carbonyl (C=O) groups excluding carboxylic acids is 1. The number of carbonyl (C=O) groups is 1. The number of allylic oxidation sites excluding steroid dienone is 2. The lowest BCUT2D eigenvalue weighted by molar-refractivity contribution is -0.390. The van der Waals surface area contributed by atoms with Crippen LogP contribution in [-0.4, -0.2) is 240 Å². The highest BCUT2D eigenvalue weighted by Crippen LogP contribution is 2.75. The molecule has 0 bridgehead atoms. The maximum atomic E-state index is 13.0. The molecule has 9 rings (SSSR count). The maximum Gasteiger partial charge on any atom is 0.187 e. The number of Topliss-reactive ketones (excluding diaryl/α,β-unsaturated/α-hetero) is 1. The molecule has 1 spiro atoms. The first-order valence-corrected chi connectivity index (χ1v) is 27.1. The fourth-order valence-corrected chi connectivity index (χ4v) is 15.7. The molecular weight excluding hydrogens is 993 g/mol. The normalized spacial score (nSPS) is 52.9. The largest absolute Gasteiger partial charge is 0.396 e. The fraction of sp³-hybridized carbons (Fsp3) is 0.942. The third-order valence-corrected chi connectivity index (χ3v) is 20.5. The number of ketones is 1. The number of fused-ring (bicyclic) bond motifs is 5. The minimum atomic E-state index is -1.92. The summed E-state index contributed by atoms with van der Waals surface area (Å²) in [5.74, 6) is 0.0832. The number of aliphatic hydroxyl groups is 13. The summed E-state index contributed by atoms with van der Waals surface area (Å²) in [5, 5.41) is 142. The van der Waals surface area contributed by atoms with Gasteiger partial charge in [0.25, 0.3) is 0 Å². The van der Waals surface area contributed by atoms with Crippen molar-refractivity contribution in [2.45, 2.75) is 240 Å². The third-order valence-electron chi connectivity index (χ3n) is 20.5. The highest BCUT2D eigenvalue weighted by molar-refractivity contribution is 5.83. The Morgan fingerprint density at radius 3 is 1.93 bits per heavy atom. The average Bonchev–Trinajstić information content (AvgIpc) is 3.89. The Balaban J connectivity index is 0.903. The third kappa shape index (κ3) is 9.25. The molecule has 23 heteroatoms. The van der Waals surface area contributed by atoms with Crippen LogP contribution in [0.15, 0.2) is 11.1 Å². The van der Waals surface area contributed by atoms with E-state index >= 15 is 0 Å². The molecule has 23 nitrogen and oxygen atoms in total. The van der Waals surface area contributed by atoms with Gasteiger partial charge in [-0.3, -0.25) is 4.79 Å². The molecule has 430 valence electrons. The summed E-state index contributed by atoms with van der Waals surface area (Å²) in [6.45, 7) is 9.55. The van der Waals surface area contributed by atoms with Crippen molar-refractivity contribution in [2.24, 2.45) is 33.5 Å². The van der Waals surface area contributed by atoms with Crippen LogP contribution in [0, 0.1) is 33.5 Å². The van der Waals surface area contributed by atoms with Crippen LogP contribution in [0.3, 0.4) is 0 Å². The van der Waals surface area contributed by atoms with Crippen molar-refractivity contribution in [3.63, 3.8) is 0 Å². The average molecular weight is 1080 g/mol. The highest BCUT2D eigenvalue weighted by atomic mass is 16.8. The molecule has 9 aliphatic rings. The summed E-state index contributed by atoms with van der Waals surface area (Å²) in [6.07, 6.45) is -26.5. The highest BCUT2D eigenvalue weighted by Gasteiger charge is 2.72. The lowest BCUT2D eigenvalue weighted by Gasteiger charge is -2.64. The van der Waals surface area contributed by atoms with Crippen LogP contribution in [0.4, 0.5) is 0 Å². The molecule has 5 aliphatic heterocycles. The van der Waals surface area contributed by atoms with Crippen molar-refractivity contribution in [1.82, 2.24) is 0 Å². The summed E-state index contributed by atoms with van der Waals surface area (Å²) in [4.78, 5) is 13.0. The van der Waals surface area contributed by atoms with E-state index in [1.165, 1.54) is 18.1 Å². The zero-order chi connectivity index (χ0) is 54.5. The molecule has 27 atom stereocenters. The smallest absolute Gasteiger partial charge is 0.187 e. The Bertz CT molecular complexity index is 2040. The van der Waals surface area contributed by atoms with Crippen molar-refractivity contribution < 1.29 is 114 Å². The quantitative estimate of drug-likeness (QED) is 0.0802. The Labute approximate surface area is 436 Å². The van der Waals surface area contributed by atoms with Crippen molar-refractivity contribution in [3.8, 4) is 0 Å². The first kappa shape index (κ1) is 58.2.